The van der Waals surface area contributed by atoms with Crippen LogP contribution in [0.3, 0.4) is 0 Å². The quantitative estimate of drug-likeness (QED) is 0.205. The SMILES string of the molecule is CCCCCCCCCC(=O)N/N=C\c1ccc(OCc2ccc(Cl)cc2)c(OC)c1. The van der Waals surface area contributed by atoms with Gasteiger partial charge in [0.25, 0.3) is 0 Å². The van der Waals surface area contributed by atoms with Crippen LogP contribution in [0.1, 0.15) is 69.4 Å². The number of amides is 1. The number of methoxy groups -OCH3 is 1. The molecule has 31 heavy (non-hydrogen) atoms. The lowest BCUT2D eigenvalue weighted by atomic mass is 10.1. The lowest BCUT2D eigenvalue weighted by Crippen LogP contribution is -2.16. The fraction of sp³-hybridized carbons (Fsp3) is 0.440. The standard InChI is InChI=1S/C25H33ClN2O3/c1-3-4-5-6-7-8-9-10-25(29)28-27-18-21-13-16-23(24(17-21)30-2)31-19-20-11-14-22(26)15-12-20/h11-18H,3-10,19H2,1-2H3,(H,28,29)/b27-18-. The highest BCUT2D eigenvalue weighted by atomic mass is 35.5. The van der Waals surface area contributed by atoms with Gasteiger partial charge in [-0.1, -0.05) is 69.2 Å². The van der Waals surface area contributed by atoms with Crippen LogP contribution >= 0.6 is 11.6 Å². The predicted octanol–water partition coefficient (Wildman–Crippen LogP) is 6.52. The number of ether oxygens (including phenoxy) is 2. The first-order valence-electron chi connectivity index (χ1n) is 11.0. The Morgan fingerprint density at radius 1 is 1.00 bits per heavy atom. The Hall–Kier alpha value is -2.53. The molecule has 0 aliphatic rings. The Morgan fingerprint density at radius 2 is 1.71 bits per heavy atom. The summed E-state index contributed by atoms with van der Waals surface area (Å²) in [5.41, 5.74) is 4.42. The third-order valence-electron chi connectivity index (χ3n) is 4.91. The number of hydrazone groups is 1. The fourth-order valence-electron chi connectivity index (χ4n) is 3.10. The summed E-state index contributed by atoms with van der Waals surface area (Å²) in [6, 6.07) is 13.0. The van der Waals surface area contributed by atoms with Gasteiger partial charge in [-0.25, -0.2) is 5.43 Å². The molecule has 0 aliphatic carbocycles. The predicted molar refractivity (Wildman–Crippen MR) is 127 cm³/mol. The molecule has 2 rings (SSSR count). The molecule has 1 N–H and O–H groups in total. The van der Waals surface area contributed by atoms with E-state index in [0.717, 1.165) is 24.0 Å². The topological polar surface area (TPSA) is 59.9 Å². The number of unbranched alkanes of at least 4 members (excludes halogenated alkanes) is 6. The summed E-state index contributed by atoms with van der Waals surface area (Å²) in [5.74, 6) is 1.18. The Labute approximate surface area is 190 Å². The van der Waals surface area contributed by atoms with E-state index in [9.17, 15) is 4.79 Å². The van der Waals surface area contributed by atoms with E-state index < -0.39 is 0 Å². The molecule has 0 heterocycles. The van der Waals surface area contributed by atoms with E-state index in [2.05, 4.69) is 17.5 Å². The summed E-state index contributed by atoms with van der Waals surface area (Å²) < 4.78 is 11.3. The molecular formula is C25H33ClN2O3. The minimum Gasteiger partial charge on any atom is -0.493 e. The zero-order chi connectivity index (χ0) is 22.3. The van der Waals surface area contributed by atoms with Crippen LogP contribution in [-0.4, -0.2) is 19.2 Å². The maximum absolute atomic E-state index is 11.9. The summed E-state index contributed by atoms with van der Waals surface area (Å²) in [6.07, 6.45) is 10.4. The smallest absolute Gasteiger partial charge is 0.240 e. The highest BCUT2D eigenvalue weighted by Crippen LogP contribution is 2.28. The van der Waals surface area contributed by atoms with Crippen molar-refractivity contribution in [3.63, 3.8) is 0 Å². The Morgan fingerprint density at radius 3 is 2.42 bits per heavy atom. The molecule has 0 saturated heterocycles. The van der Waals surface area contributed by atoms with Crippen LogP contribution in [0, 0.1) is 0 Å². The van der Waals surface area contributed by atoms with Gasteiger partial charge in [0.05, 0.1) is 13.3 Å². The summed E-state index contributed by atoms with van der Waals surface area (Å²) in [4.78, 5) is 11.9. The molecule has 0 bridgehead atoms. The zero-order valence-electron chi connectivity index (χ0n) is 18.5. The van der Waals surface area contributed by atoms with Crippen LogP contribution in [0.4, 0.5) is 0 Å². The molecular weight excluding hydrogens is 412 g/mol. The summed E-state index contributed by atoms with van der Waals surface area (Å²) >= 11 is 5.91. The van der Waals surface area contributed by atoms with Gasteiger partial charge in [-0.15, -0.1) is 0 Å². The molecule has 0 aromatic heterocycles. The van der Waals surface area contributed by atoms with E-state index in [4.69, 9.17) is 21.1 Å². The fourth-order valence-corrected chi connectivity index (χ4v) is 3.23. The Balaban J connectivity index is 1.75. The average molecular weight is 445 g/mol. The lowest BCUT2D eigenvalue weighted by Gasteiger charge is -2.11. The molecule has 2 aromatic rings. The Kier molecular flexibility index (Phi) is 11.5. The maximum Gasteiger partial charge on any atom is 0.240 e. The van der Waals surface area contributed by atoms with Gasteiger partial charge < -0.3 is 9.47 Å². The normalized spacial score (nSPS) is 10.9. The average Bonchev–Trinajstić information content (AvgIpc) is 2.78. The van der Waals surface area contributed by atoms with Crippen molar-refractivity contribution < 1.29 is 14.3 Å². The van der Waals surface area contributed by atoms with Crippen LogP contribution < -0.4 is 14.9 Å². The van der Waals surface area contributed by atoms with Gasteiger partial charge >= 0.3 is 0 Å². The van der Waals surface area contributed by atoms with Crippen LogP contribution in [0.25, 0.3) is 0 Å². The lowest BCUT2D eigenvalue weighted by molar-refractivity contribution is -0.121. The molecule has 0 saturated carbocycles. The van der Waals surface area contributed by atoms with E-state index in [-0.39, 0.29) is 5.91 Å². The van der Waals surface area contributed by atoms with Crippen LogP contribution in [0.5, 0.6) is 11.5 Å². The van der Waals surface area contributed by atoms with Gasteiger partial charge in [-0.2, -0.15) is 5.10 Å². The van der Waals surface area contributed by atoms with Crippen molar-refractivity contribution in [2.75, 3.05) is 7.11 Å². The molecule has 168 valence electrons. The van der Waals surface area contributed by atoms with E-state index in [0.29, 0.717) is 29.5 Å². The van der Waals surface area contributed by atoms with Crippen molar-refractivity contribution in [1.29, 1.82) is 0 Å². The van der Waals surface area contributed by atoms with E-state index in [1.807, 2.05) is 42.5 Å². The minimum absolute atomic E-state index is 0.0558. The van der Waals surface area contributed by atoms with E-state index in [1.165, 1.54) is 32.1 Å². The van der Waals surface area contributed by atoms with Crippen molar-refractivity contribution in [2.45, 2.75) is 64.9 Å². The third kappa shape index (κ3) is 9.88. The molecule has 6 heteroatoms. The number of nitrogens with one attached hydrogen (secondary N) is 1. The zero-order valence-corrected chi connectivity index (χ0v) is 19.3. The van der Waals surface area contributed by atoms with Crippen LogP contribution in [-0.2, 0) is 11.4 Å². The molecule has 0 fully saturated rings. The number of nitrogens with zero attached hydrogens (tertiary/aromatic N) is 1. The van der Waals surface area contributed by atoms with Gasteiger partial charge in [-0.3, -0.25) is 4.79 Å². The summed E-state index contributed by atoms with van der Waals surface area (Å²) in [7, 11) is 1.59. The van der Waals surface area contributed by atoms with Gasteiger partial charge in [0.1, 0.15) is 6.61 Å². The van der Waals surface area contributed by atoms with Gasteiger partial charge in [0.2, 0.25) is 5.91 Å². The van der Waals surface area contributed by atoms with Crippen molar-refractivity contribution in [1.82, 2.24) is 5.43 Å². The molecule has 5 nitrogen and oxygen atoms in total. The number of hydrogen-bond acceptors (Lipinski definition) is 4. The second-order valence-corrected chi connectivity index (χ2v) is 7.93. The van der Waals surface area contributed by atoms with Gasteiger partial charge in [0.15, 0.2) is 11.5 Å². The summed E-state index contributed by atoms with van der Waals surface area (Å²) in [5, 5.41) is 4.75. The molecule has 1 amide bonds. The van der Waals surface area contributed by atoms with E-state index >= 15 is 0 Å². The molecule has 0 atom stereocenters. The summed E-state index contributed by atoms with van der Waals surface area (Å²) in [6.45, 7) is 2.63. The maximum atomic E-state index is 11.9. The second kappa shape index (κ2) is 14.5. The number of carbonyl (C=O) groups is 1. The van der Waals surface area contributed by atoms with Crippen LogP contribution in [0.2, 0.25) is 5.02 Å². The first-order valence-corrected chi connectivity index (χ1v) is 11.4. The molecule has 0 aliphatic heterocycles. The van der Waals surface area contributed by atoms with Gasteiger partial charge in [-0.05, 0) is 47.9 Å². The van der Waals surface area contributed by atoms with Crippen LogP contribution in [0.15, 0.2) is 47.6 Å². The monoisotopic (exact) mass is 444 g/mol. The Bertz CT molecular complexity index is 822. The minimum atomic E-state index is -0.0558. The molecule has 0 spiro atoms. The number of benzene rings is 2. The molecule has 0 radical (unpaired) electrons. The highest BCUT2D eigenvalue weighted by Gasteiger charge is 2.06. The highest BCUT2D eigenvalue weighted by molar-refractivity contribution is 6.30. The number of carbonyl (C=O) groups excluding carboxylic acids is 1. The molecule has 2 aromatic carbocycles. The molecule has 0 unspecified atom stereocenters. The van der Waals surface area contributed by atoms with E-state index in [1.54, 1.807) is 13.3 Å². The van der Waals surface area contributed by atoms with Gasteiger partial charge in [0, 0.05) is 11.4 Å². The first kappa shape index (κ1) is 24.7. The van der Waals surface area contributed by atoms with Crippen molar-refractivity contribution in [3.05, 3.63) is 58.6 Å². The van der Waals surface area contributed by atoms with Crippen molar-refractivity contribution in [2.24, 2.45) is 5.10 Å². The van der Waals surface area contributed by atoms with Crippen molar-refractivity contribution in [3.8, 4) is 11.5 Å². The largest absolute Gasteiger partial charge is 0.493 e. The van der Waals surface area contributed by atoms with Crippen molar-refractivity contribution >= 4 is 23.7 Å². The third-order valence-corrected chi connectivity index (χ3v) is 5.16. The number of halogens is 1. The second-order valence-electron chi connectivity index (χ2n) is 7.49. The first-order chi connectivity index (χ1) is 15.1. The number of rotatable bonds is 14. The number of hydrogen-bond donors (Lipinski definition) is 1.